The zero-order chi connectivity index (χ0) is 14.0. The number of carbonyl (C=O) groups excluding carboxylic acids is 1. The second-order valence-electron chi connectivity index (χ2n) is 3.61. The number of carbonyl (C=O) groups is 1. The Balaban J connectivity index is 2.70. The first-order valence-corrected chi connectivity index (χ1v) is 5.21. The fraction of sp³-hybridized carbons (Fsp3) is 0.0833. The van der Waals surface area contributed by atoms with Gasteiger partial charge in [-0.1, -0.05) is 6.07 Å². The van der Waals surface area contributed by atoms with Crippen LogP contribution in [0, 0.1) is 17.1 Å². The molecule has 1 heterocycles. The molecule has 0 fully saturated rings. The first-order valence-electron chi connectivity index (χ1n) is 5.21. The van der Waals surface area contributed by atoms with E-state index in [0.29, 0.717) is 0 Å². The number of rotatable bonds is 2. The first-order chi connectivity index (χ1) is 9.08. The van der Waals surface area contributed by atoms with Gasteiger partial charge in [0.15, 0.2) is 11.4 Å². The third-order valence-electron chi connectivity index (χ3n) is 2.46. The van der Waals surface area contributed by atoms with E-state index in [9.17, 15) is 9.18 Å². The van der Waals surface area contributed by atoms with Crippen molar-refractivity contribution >= 4 is 11.7 Å². The number of nitrogens with two attached hydrogens (primary N) is 1. The lowest BCUT2D eigenvalue weighted by Gasteiger charge is -2.06. The highest BCUT2D eigenvalue weighted by molar-refractivity contribution is 5.95. The van der Waals surface area contributed by atoms with Crippen molar-refractivity contribution < 1.29 is 13.9 Å². The van der Waals surface area contributed by atoms with Gasteiger partial charge < -0.3 is 10.5 Å². The lowest BCUT2D eigenvalue weighted by Crippen LogP contribution is -2.12. The van der Waals surface area contributed by atoms with E-state index in [1.807, 2.05) is 0 Å². The molecule has 0 aliphatic carbocycles. The zero-order valence-corrected chi connectivity index (χ0v) is 9.92. The molecule has 2 aromatic rings. The van der Waals surface area contributed by atoms with E-state index >= 15 is 0 Å². The van der Waals surface area contributed by atoms with Crippen molar-refractivity contribution in [2.75, 3.05) is 12.8 Å². The molecule has 19 heavy (non-hydrogen) atoms. The number of anilines is 1. The van der Waals surface area contributed by atoms with E-state index in [4.69, 9.17) is 11.0 Å². The summed E-state index contributed by atoms with van der Waals surface area (Å²) in [6.45, 7) is 0. The minimum atomic E-state index is -0.754. The van der Waals surface area contributed by atoms with Crippen molar-refractivity contribution in [2.45, 2.75) is 0 Å². The Hall–Kier alpha value is -2.88. The van der Waals surface area contributed by atoms with Gasteiger partial charge >= 0.3 is 5.97 Å². The van der Waals surface area contributed by atoms with Gasteiger partial charge in [0.25, 0.3) is 0 Å². The summed E-state index contributed by atoms with van der Waals surface area (Å²) in [5, 5.41) is 12.8. The third kappa shape index (κ3) is 2.11. The number of aromatic nitrogens is 2. The van der Waals surface area contributed by atoms with E-state index in [1.54, 1.807) is 6.07 Å². The fourth-order valence-corrected chi connectivity index (χ4v) is 1.60. The topological polar surface area (TPSA) is 93.9 Å². The average Bonchev–Trinajstić information content (AvgIpc) is 2.75. The monoisotopic (exact) mass is 260 g/mol. The summed E-state index contributed by atoms with van der Waals surface area (Å²) in [5.74, 6) is -1.25. The average molecular weight is 260 g/mol. The maximum atomic E-state index is 13.2. The molecule has 0 saturated heterocycles. The van der Waals surface area contributed by atoms with Gasteiger partial charge in [0.05, 0.1) is 12.8 Å². The highest BCUT2D eigenvalue weighted by atomic mass is 19.1. The largest absolute Gasteiger partial charge is 0.464 e. The van der Waals surface area contributed by atoms with Crippen LogP contribution in [-0.4, -0.2) is 22.9 Å². The number of benzene rings is 1. The zero-order valence-electron chi connectivity index (χ0n) is 9.92. The second-order valence-corrected chi connectivity index (χ2v) is 3.61. The predicted molar refractivity (Wildman–Crippen MR) is 64.0 cm³/mol. The molecule has 96 valence electrons. The van der Waals surface area contributed by atoms with Crippen molar-refractivity contribution in [3.63, 3.8) is 0 Å². The molecule has 1 aromatic carbocycles. The smallest absolute Gasteiger partial charge is 0.359 e. The van der Waals surface area contributed by atoms with Crippen LogP contribution in [0.5, 0.6) is 0 Å². The van der Waals surface area contributed by atoms with Gasteiger partial charge in [0, 0.05) is 0 Å². The van der Waals surface area contributed by atoms with E-state index in [0.717, 1.165) is 4.68 Å². The minimum Gasteiger partial charge on any atom is -0.464 e. The van der Waals surface area contributed by atoms with Crippen LogP contribution in [0.2, 0.25) is 0 Å². The fourth-order valence-electron chi connectivity index (χ4n) is 1.60. The Kier molecular flexibility index (Phi) is 3.16. The highest BCUT2D eigenvalue weighted by Crippen LogP contribution is 2.21. The summed E-state index contributed by atoms with van der Waals surface area (Å²) >= 11 is 0. The molecule has 7 heteroatoms. The van der Waals surface area contributed by atoms with Gasteiger partial charge in [-0.25, -0.2) is 13.9 Å². The van der Waals surface area contributed by atoms with Crippen molar-refractivity contribution in [1.29, 1.82) is 5.26 Å². The minimum absolute atomic E-state index is 0.0985. The standard InChI is InChI=1S/C12H9FN4O2/c1-19-12(18)11-10(15)9(6-14)16-17(11)8-4-2-3-7(13)5-8/h2-5H,15H2,1H3. The predicted octanol–water partition coefficient (Wildman–Crippen LogP) is 1.25. The maximum Gasteiger partial charge on any atom is 0.359 e. The lowest BCUT2D eigenvalue weighted by atomic mass is 10.2. The Morgan fingerprint density at radius 2 is 2.32 bits per heavy atom. The number of ether oxygens (including phenoxy) is 1. The van der Waals surface area contributed by atoms with Crippen LogP contribution in [0.25, 0.3) is 5.69 Å². The second kappa shape index (κ2) is 4.78. The first kappa shape index (κ1) is 12.6. The Morgan fingerprint density at radius 3 is 2.89 bits per heavy atom. The number of halogens is 1. The molecular weight excluding hydrogens is 251 g/mol. The molecule has 0 aliphatic rings. The summed E-state index contributed by atoms with van der Waals surface area (Å²) in [4.78, 5) is 11.7. The van der Waals surface area contributed by atoms with Crippen molar-refractivity contribution in [3.05, 3.63) is 41.5 Å². The summed E-state index contributed by atoms with van der Waals surface area (Å²) in [5.41, 5.74) is 5.61. The van der Waals surface area contributed by atoms with Gasteiger partial charge in [0.2, 0.25) is 0 Å². The molecule has 6 nitrogen and oxygen atoms in total. The molecule has 0 atom stereocenters. The quantitative estimate of drug-likeness (QED) is 0.820. The summed E-state index contributed by atoms with van der Waals surface area (Å²) in [6, 6.07) is 7.16. The molecular formula is C12H9FN4O2. The number of hydrogen-bond donors (Lipinski definition) is 1. The molecule has 0 amide bonds. The van der Waals surface area contributed by atoms with Crippen LogP contribution in [0.4, 0.5) is 10.1 Å². The SMILES string of the molecule is COC(=O)c1c(N)c(C#N)nn1-c1cccc(F)c1. The van der Waals surface area contributed by atoms with Crippen LogP contribution >= 0.6 is 0 Å². The molecule has 0 spiro atoms. The Morgan fingerprint density at radius 1 is 1.58 bits per heavy atom. The highest BCUT2D eigenvalue weighted by Gasteiger charge is 2.23. The Labute approximate surface area is 107 Å². The number of nitrogens with zero attached hydrogens (tertiary/aromatic N) is 3. The maximum absolute atomic E-state index is 13.2. The number of methoxy groups -OCH3 is 1. The van der Waals surface area contributed by atoms with Gasteiger partial charge in [-0.15, -0.1) is 0 Å². The van der Waals surface area contributed by atoms with Crippen LogP contribution < -0.4 is 5.73 Å². The number of esters is 1. The lowest BCUT2D eigenvalue weighted by molar-refractivity contribution is 0.0591. The molecule has 2 N–H and O–H groups in total. The number of hydrogen-bond acceptors (Lipinski definition) is 5. The van der Waals surface area contributed by atoms with Crippen LogP contribution in [0.15, 0.2) is 24.3 Å². The van der Waals surface area contributed by atoms with E-state index in [-0.39, 0.29) is 22.8 Å². The van der Waals surface area contributed by atoms with Gasteiger partial charge in [0.1, 0.15) is 17.6 Å². The van der Waals surface area contributed by atoms with E-state index < -0.39 is 11.8 Å². The molecule has 1 aromatic heterocycles. The van der Waals surface area contributed by atoms with Crippen LogP contribution in [-0.2, 0) is 4.74 Å². The molecule has 2 rings (SSSR count). The molecule has 0 unspecified atom stereocenters. The van der Waals surface area contributed by atoms with Crippen molar-refractivity contribution in [1.82, 2.24) is 9.78 Å². The number of nitriles is 1. The molecule has 0 aliphatic heterocycles. The third-order valence-corrected chi connectivity index (χ3v) is 2.46. The van der Waals surface area contributed by atoms with Crippen LogP contribution in [0.3, 0.4) is 0 Å². The summed E-state index contributed by atoms with van der Waals surface area (Å²) < 4.78 is 18.9. The normalized spacial score (nSPS) is 9.95. The van der Waals surface area contributed by atoms with Crippen molar-refractivity contribution in [3.8, 4) is 11.8 Å². The Bertz CT molecular complexity index is 688. The van der Waals surface area contributed by atoms with Gasteiger partial charge in [-0.05, 0) is 18.2 Å². The van der Waals surface area contributed by atoms with Gasteiger partial charge in [-0.2, -0.15) is 10.4 Å². The van der Waals surface area contributed by atoms with Gasteiger partial charge in [-0.3, -0.25) is 0 Å². The summed E-state index contributed by atoms with van der Waals surface area (Å²) in [6.07, 6.45) is 0. The molecule has 0 bridgehead atoms. The van der Waals surface area contributed by atoms with E-state index in [1.165, 1.54) is 31.4 Å². The van der Waals surface area contributed by atoms with Crippen LogP contribution in [0.1, 0.15) is 16.2 Å². The van der Waals surface area contributed by atoms with E-state index in [2.05, 4.69) is 9.84 Å². The summed E-state index contributed by atoms with van der Waals surface area (Å²) in [7, 11) is 1.18. The number of nitrogen functional groups attached to an aromatic ring is 1. The molecule has 0 radical (unpaired) electrons. The van der Waals surface area contributed by atoms with Crippen molar-refractivity contribution in [2.24, 2.45) is 0 Å². The molecule has 0 saturated carbocycles.